The Labute approximate surface area is 604 Å². The number of esters is 2. The SMILES string of the molecule is CC/C=C\C/C=C\C/C=C\C/C=C\C/C=C\C/C=C\C/C=C\C/C=C\C/C=C\C/C=C\C/C=C\C/C=C\CCCCC(=O)OC(COC(=O)CCCCCCCCCCCCCCCCCCCCCCCCCCCCCCCCCCCC)COC(OCC[N+](C)(C)C)C(=O)[O-]. The molecular weight excluding hydrogens is 1210 g/mol. The quantitative estimate of drug-likeness (QED) is 0.0195. The second-order valence-electron chi connectivity index (χ2n) is 28.0. The van der Waals surface area contributed by atoms with E-state index in [1.807, 2.05) is 21.1 Å². The van der Waals surface area contributed by atoms with E-state index >= 15 is 0 Å². The van der Waals surface area contributed by atoms with Crippen LogP contribution >= 0.6 is 0 Å². The average molecular weight is 1360 g/mol. The molecule has 0 fully saturated rings. The fourth-order valence-electron chi connectivity index (χ4n) is 11.2. The van der Waals surface area contributed by atoms with Gasteiger partial charge in [0, 0.05) is 12.8 Å². The molecule has 0 aromatic carbocycles. The smallest absolute Gasteiger partial charge is 0.306 e. The third-order valence-corrected chi connectivity index (χ3v) is 17.4. The summed E-state index contributed by atoms with van der Waals surface area (Å²) in [5, 5.41) is 11.9. The molecule has 9 heteroatoms. The number of quaternary nitrogens is 1. The Morgan fingerprint density at radius 2 is 0.582 bits per heavy atom. The number of nitrogens with zero attached hydrogens (tertiary/aromatic N) is 1. The number of ether oxygens (including phenoxy) is 4. The highest BCUT2D eigenvalue weighted by molar-refractivity contribution is 5.70. The van der Waals surface area contributed by atoms with Crippen LogP contribution in [0.5, 0.6) is 0 Å². The number of carboxylic acids is 1. The van der Waals surface area contributed by atoms with E-state index in [4.69, 9.17) is 18.9 Å². The molecule has 2 atom stereocenters. The number of aliphatic carboxylic acids is 1. The molecule has 0 N–H and O–H groups in total. The van der Waals surface area contributed by atoms with Crippen molar-refractivity contribution in [2.24, 2.45) is 0 Å². The third-order valence-electron chi connectivity index (χ3n) is 17.4. The summed E-state index contributed by atoms with van der Waals surface area (Å²) in [6.07, 6.45) is 111. The van der Waals surface area contributed by atoms with E-state index < -0.39 is 24.3 Å². The van der Waals surface area contributed by atoms with Crippen LogP contribution in [-0.4, -0.2) is 82.3 Å². The van der Waals surface area contributed by atoms with Gasteiger partial charge in [-0.05, 0) is 103 Å². The van der Waals surface area contributed by atoms with Gasteiger partial charge in [0.15, 0.2) is 12.4 Å². The minimum Gasteiger partial charge on any atom is -0.545 e. The van der Waals surface area contributed by atoms with Crippen molar-refractivity contribution in [2.45, 2.75) is 354 Å². The number of carbonyl (C=O) groups excluding carboxylic acids is 3. The minimum absolute atomic E-state index is 0.133. The molecule has 0 saturated heterocycles. The Kier molecular flexibility index (Phi) is 74.1. The molecule has 0 aliphatic heterocycles. The van der Waals surface area contributed by atoms with E-state index in [2.05, 4.69) is 160 Å². The van der Waals surface area contributed by atoms with Gasteiger partial charge in [-0.1, -0.05) is 372 Å². The topological polar surface area (TPSA) is 111 Å². The van der Waals surface area contributed by atoms with Gasteiger partial charge in [0.1, 0.15) is 13.2 Å². The molecule has 2 unspecified atom stereocenters. The first-order valence-electron chi connectivity index (χ1n) is 40.5. The van der Waals surface area contributed by atoms with Crippen LogP contribution in [0.2, 0.25) is 0 Å². The Bertz CT molecular complexity index is 2130. The second-order valence-corrected chi connectivity index (χ2v) is 28.0. The molecule has 0 spiro atoms. The van der Waals surface area contributed by atoms with Gasteiger partial charge in [-0.15, -0.1) is 0 Å². The van der Waals surface area contributed by atoms with Crippen molar-refractivity contribution in [3.8, 4) is 0 Å². The van der Waals surface area contributed by atoms with Crippen LogP contribution in [0.25, 0.3) is 0 Å². The highest BCUT2D eigenvalue weighted by Crippen LogP contribution is 2.19. The zero-order valence-electron chi connectivity index (χ0n) is 64.1. The summed E-state index contributed by atoms with van der Waals surface area (Å²) in [7, 11) is 5.92. The van der Waals surface area contributed by atoms with Gasteiger partial charge in [-0.2, -0.15) is 0 Å². The first-order chi connectivity index (χ1) is 48.1. The Hall–Kier alpha value is -4.83. The molecule has 9 nitrogen and oxygen atoms in total. The maximum Gasteiger partial charge on any atom is 0.306 e. The molecule has 0 aromatic heterocycles. The highest BCUT2D eigenvalue weighted by Gasteiger charge is 2.22. The van der Waals surface area contributed by atoms with Gasteiger partial charge in [0.05, 0.1) is 40.3 Å². The molecule has 0 heterocycles. The summed E-state index contributed by atoms with van der Waals surface area (Å²) >= 11 is 0. The fraction of sp³-hybridized carbons (Fsp3) is 0.697. The summed E-state index contributed by atoms with van der Waals surface area (Å²) in [5.74, 6) is -2.34. The van der Waals surface area contributed by atoms with Crippen molar-refractivity contribution in [1.82, 2.24) is 0 Å². The molecule has 0 aliphatic rings. The fourth-order valence-corrected chi connectivity index (χ4v) is 11.2. The van der Waals surface area contributed by atoms with Crippen LogP contribution in [-0.2, 0) is 33.3 Å². The number of unbranched alkanes of at least 4 members (excludes halogenated alkanes) is 35. The molecule has 0 amide bonds. The molecule has 560 valence electrons. The van der Waals surface area contributed by atoms with E-state index in [9.17, 15) is 19.5 Å². The normalized spacial score (nSPS) is 13.4. The van der Waals surface area contributed by atoms with Crippen LogP contribution in [0.1, 0.15) is 341 Å². The number of hydrogen-bond acceptors (Lipinski definition) is 8. The second kappa shape index (κ2) is 77.9. The minimum atomic E-state index is -1.64. The summed E-state index contributed by atoms with van der Waals surface area (Å²) in [6, 6.07) is 0. The van der Waals surface area contributed by atoms with Crippen molar-refractivity contribution < 1.29 is 42.9 Å². The molecule has 0 aliphatic carbocycles. The van der Waals surface area contributed by atoms with Gasteiger partial charge >= 0.3 is 11.9 Å². The molecule has 0 radical (unpaired) electrons. The lowest BCUT2D eigenvalue weighted by Crippen LogP contribution is -2.44. The van der Waals surface area contributed by atoms with E-state index in [1.165, 1.54) is 199 Å². The summed E-state index contributed by atoms with van der Waals surface area (Å²) in [6.45, 7) is 4.61. The van der Waals surface area contributed by atoms with Gasteiger partial charge in [-0.25, -0.2) is 0 Å². The van der Waals surface area contributed by atoms with Crippen molar-refractivity contribution >= 4 is 17.9 Å². The number of carboxylic acid groups (broad SMARTS) is 1. The summed E-state index contributed by atoms with van der Waals surface area (Å²) in [5.41, 5.74) is 0. The standard InChI is InChI=1S/C89H151NO8/c1-6-8-10-12-14-16-18-20-22-24-26-28-30-32-34-36-38-40-42-43-44-45-46-48-50-52-54-56-58-60-62-64-66-68-70-72-74-76-78-80-87(92)98-85(84-97-89(88(93)94)95-82-81-90(3,4)5)83-96-86(91)79-77-75-73-71-69-67-65-63-61-59-57-55-53-51-49-47-41-39-37-35-33-31-29-27-25-23-21-19-17-15-13-11-9-7-2/h8,10,14,16,20,22,26,28,32,34,38,40,43-44,46,48,52,54,58,60,64,66,70,72,85,89H,6-7,9,11-13,15,17-19,21,23-25,27,29-31,33,35-37,39,41-42,45,47,49-51,53,55-57,59,61-63,65,67-69,71,73-84H2,1-5H3/b10-8-,16-14-,22-20-,28-26-,34-32-,40-38-,44-43-,48-46-,54-52-,60-58-,66-64-,72-70-. The highest BCUT2D eigenvalue weighted by atomic mass is 16.7. The lowest BCUT2D eigenvalue weighted by molar-refractivity contribution is -0.870. The van der Waals surface area contributed by atoms with Gasteiger partial charge in [-0.3, -0.25) is 9.59 Å². The maximum absolute atomic E-state index is 12.9. The molecule has 98 heavy (non-hydrogen) atoms. The number of allylic oxidation sites excluding steroid dienone is 24. The molecule has 0 bridgehead atoms. The molecular formula is C89H151NO8. The van der Waals surface area contributed by atoms with E-state index in [-0.39, 0.29) is 38.6 Å². The first kappa shape index (κ1) is 93.2. The number of hydrogen-bond donors (Lipinski definition) is 0. The van der Waals surface area contributed by atoms with E-state index in [0.29, 0.717) is 17.4 Å². The maximum atomic E-state index is 12.9. The summed E-state index contributed by atoms with van der Waals surface area (Å²) < 4.78 is 22.8. The largest absolute Gasteiger partial charge is 0.545 e. The number of likely N-dealkylation sites (N-methyl/N-ethyl adjacent to an activating group) is 1. The number of rotatable bonds is 74. The van der Waals surface area contributed by atoms with Crippen LogP contribution in [0.15, 0.2) is 146 Å². The zero-order valence-corrected chi connectivity index (χ0v) is 64.1. The van der Waals surface area contributed by atoms with Gasteiger partial charge in [0.2, 0.25) is 0 Å². The number of carbonyl (C=O) groups is 3. The summed E-state index contributed by atoms with van der Waals surface area (Å²) in [4.78, 5) is 37.6. The first-order valence-corrected chi connectivity index (χ1v) is 40.5. The van der Waals surface area contributed by atoms with Crippen molar-refractivity contribution in [1.29, 1.82) is 0 Å². The van der Waals surface area contributed by atoms with Crippen molar-refractivity contribution in [2.75, 3.05) is 47.5 Å². The monoisotopic (exact) mass is 1360 g/mol. The molecule has 0 aromatic rings. The lowest BCUT2D eigenvalue weighted by Gasteiger charge is -2.26. The molecule has 0 rings (SSSR count). The molecule has 0 saturated carbocycles. The predicted octanol–water partition coefficient (Wildman–Crippen LogP) is 24.9. The predicted molar refractivity (Wildman–Crippen MR) is 421 cm³/mol. The van der Waals surface area contributed by atoms with Gasteiger partial charge in [0.25, 0.3) is 0 Å². The zero-order chi connectivity index (χ0) is 71.1. The van der Waals surface area contributed by atoms with Crippen molar-refractivity contribution in [3.63, 3.8) is 0 Å². The Morgan fingerprint density at radius 3 is 0.867 bits per heavy atom. The van der Waals surface area contributed by atoms with Crippen LogP contribution in [0.4, 0.5) is 0 Å². The average Bonchev–Trinajstić information content (AvgIpc) is 1.38. The van der Waals surface area contributed by atoms with E-state index in [0.717, 1.165) is 109 Å². The third kappa shape index (κ3) is 78.5. The van der Waals surface area contributed by atoms with Crippen LogP contribution < -0.4 is 5.11 Å². The van der Waals surface area contributed by atoms with Crippen LogP contribution in [0.3, 0.4) is 0 Å². The van der Waals surface area contributed by atoms with E-state index in [1.54, 1.807) is 0 Å². The van der Waals surface area contributed by atoms with Crippen LogP contribution in [0, 0.1) is 0 Å². The Morgan fingerprint density at radius 1 is 0.316 bits per heavy atom. The Balaban J connectivity index is 4.15. The van der Waals surface area contributed by atoms with Crippen molar-refractivity contribution in [3.05, 3.63) is 146 Å². The van der Waals surface area contributed by atoms with Gasteiger partial charge < -0.3 is 33.3 Å². The lowest BCUT2D eigenvalue weighted by atomic mass is 10.0.